The molecule has 0 saturated carbocycles. The highest BCUT2D eigenvalue weighted by atomic mass is 15.0. The number of rotatable bonds is 5. The molecule has 0 bridgehead atoms. The SMILES string of the molecule is Cc1ccc(-c2nc(-c3ccccc3)nc(-c3ccccc3)n2)cc1C1(c2ccccc2)c2ccccc2-c2ccccc21. The van der Waals surface area contributed by atoms with Gasteiger partial charge in [-0.3, -0.25) is 0 Å². The summed E-state index contributed by atoms with van der Waals surface area (Å²) in [6.07, 6.45) is 0. The first kappa shape index (κ1) is 26.0. The molecule has 0 spiro atoms. The molecule has 0 atom stereocenters. The van der Waals surface area contributed by atoms with Crippen LogP contribution in [-0.4, -0.2) is 15.0 Å². The van der Waals surface area contributed by atoms with Crippen LogP contribution in [0.15, 0.2) is 158 Å². The summed E-state index contributed by atoms with van der Waals surface area (Å²) in [5.74, 6) is 1.97. The zero-order valence-corrected chi connectivity index (χ0v) is 24.4. The third kappa shape index (κ3) is 4.09. The lowest BCUT2D eigenvalue weighted by molar-refractivity contribution is 0.761. The van der Waals surface area contributed by atoms with Gasteiger partial charge < -0.3 is 0 Å². The van der Waals surface area contributed by atoms with Crippen LogP contribution in [0.5, 0.6) is 0 Å². The first-order valence-electron chi connectivity index (χ1n) is 15.0. The van der Waals surface area contributed by atoms with E-state index in [0.717, 1.165) is 16.7 Å². The molecule has 0 aliphatic heterocycles. The van der Waals surface area contributed by atoms with Gasteiger partial charge >= 0.3 is 0 Å². The highest BCUT2D eigenvalue weighted by Crippen LogP contribution is 2.56. The molecule has 0 N–H and O–H groups in total. The standard InChI is InChI=1S/C41H29N3/c1-28-25-26-31(40-43-38(29-15-5-2-6-16-29)42-39(44-40)30-17-7-3-8-18-30)27-37(28)41(32-19-9-4-10-20-32)35-23-13-11-21-33(35)34-22-12-14-24-36(34)41/h2-27H,1H3. The molecular formula is C41H29N3. The largest absolute Gasteiger partial charge is 0.208 e. The van der Waals surface area contributed by atoms with Crippen LogP contribution in [0.2, 0.25) is 0 Å². The quantitative estimate of drug-likeness (QED) is 0.209. The first-order chi connectivity index (χ1) is 21.7. The van der Waals surface area contributed by atoms with E-state index in [-0.39, 0.29) is 0 Å². The molecule has 0 fully saturated rings. The highest BCUT2D eigenvalue weighted by molar-refractivity contribution is 5.87. The number of hydrogen-bond acceptors (Lipinski definition) is 3. The van der Waals surface area contributed by atoms with E-state index in [9.17, 15) is 0 Å². The van der Waals surface area contributed by atoms with Crippen LogP contribution in [0.1, 0.15) is 27.8 Å². The van der Waals surface area contributed by atoms with Crippen LogP contribution in [0.3, 0.4) is 0 Å². The lowest BCUT2D eigenvalue weighted by atomic mass is 9.66. The molecule has 0 unspecified atom stereocenters. The number of benzene rings is 6. The van der Waals surface area contributed by atoms with Crippen molar-refractivity contribution in [2.45, 2.75) is 12.3 Å². The summed E-state index contributed by atoms with van der Waals surface area (Å²) < 4.78 is 0. The van der Waals surface area contributed by atoms with E-state index >= 15 is 0 Å². The van der Waals surface area contributed by atoms with Gasteiger partial charge in [-0.25, -0.2) is 15.0 Å². The Bertz CT molecular complexity index is 2020. The van der Waals surface area contributed by atoms with Crippen LogP contribution >= 0.6 is 0 Å². The molecule has 8 rings (SSSR count). The Hall–Kier alpha value is -5.67. The fraction of sp³-hybridized carbons (Fsp3) is 0.0488. The number of aromatic nitrogens is 3. The molecule has 44 heavy (non-hydrogen) atoms. The smallest absolute Gasteiger partial charge is 0.164 e. The Balaban J connectivity index is 1.41. The molecule has 1 aliphatic rings. The normalized spacial score (nSPS) is 12.8. The minimum absolute atomic E-state index is 0.494. The molecule has 3 nitrogen and oxygen atoms in total. The number of fused-ring (bicyclic) bond motifs is 3. The van der Waals surface area contributed by atoms with Gasteiger partial charge in [0.1, 0.15) is 0 Å². The van der Waals surface area contributed by atoms with E-state index in [0.29, 0.717) is 17.5 Å². The number of hydrogen-bond donors (Lipinski definition) is 0. The topological polar surface area (TPSA) is 38.7 Å². The predicted octanol–water partition coefficient (Wildman–Crippen LogP) is 9.54. The summed E-state index contributed by atoms with van der Waals surface area (Å²) in [4.78, 5) is 15.0. The van der Waals surface area contributed by atoms with Crippen LogP contribution in [0.4, 0.5) is 0 Å². The van der Waals surface area contributed by atoms with Crippen LogP contribution in [-0.2, 0) is 5.41 Å². The lowest BCUT2D eigenvalue weighted by Crippen LogP contribution is -2.29. The molecule has 1 aliphatic carbocycles. The first-order valence-corrected chi connectivity index (χ1v) is 15.0. The Morgan fingerprint density at radius 1 is 0.386 bits per heavy atom. The average Bonchev–Trinajstić information content (AvgIpc) is 3.40. The summed E-state index contributed by atoms with van der Waals surface area (Å²) in [7, 11) is 0. The van der Waals surface area contributed by atoms with Crippen molar-refractivity contribution in [2.24, 2.45) is 0 Å². The third-order valence-corrected chi connectivity index (χ3v) is 8.76. The van der Waals surface area contributed by atoms with Gasteiger partial charge in [0.25, 0.3) is 0 Å². The van der Waals surface area contributed by atoms with Crippen molar-refractivity contribution in [3.63, 3.8) is 0 Å². The number of aryl methyl sites for hydroxylation is 1. The molecule has 0 saturated heterocycles. The van der Waals surface area contributed by atoms with Gasteiger partial charge in [-0.15, -0.1) is 0 Å². The zero-order valence-electron chi connectivity index (χ0n) is 24.4. The summed E-state index contributed by atoms with van der Waals surface area (Å²) in [5.41, 5.74) is 11.2. The van der Waals surface area contributed by atoms with Crippen molar-refractivity contribution in [2.75, 3.05) is 0 Å². The van der Waals surface area contributed by atoms with Gasteiger partial charge in [0.15, 0.2) is 17.5 Å². The second kappa shape index (κ2) is 10.6. The van der Waals surface area contributed by atoms with E-state index in [1.54, 1.807) is 0 Å². The highest BCUT2D eigenvalue weighted by Gasteiger charge is 2.46. The molecule has 6 aromatic carbocycles. The van der Waals surface area contributed by atoms with E-state index in [1.165, 1.54) is 38.9 Å². The Morgan fingerprint density at radius 3 is 1.34 bits per heavy atom. The maximum Gasteiger partial charge on any atom is 0.164 e. The van der Waals surface area contributed by atoms with Crippen molar-refractivity contribution in [1.82, 2.24) is 15.0 Å². The molecular weight excluding hydrogens is 534 g/mol. The average molecular weight is 564 g/mol. The van der Waals surface area contributed by atoms with E-state index in [4.69, 9.17) is 15.0 Å². The van der Waals surface area contributed by atoms with Crippen LogP contribution in [0, 0.1) is 6.92 Å². The lowest BCUT2D eigenvalue weighted by Gasteiger charge is -2.35. The zero-order chi connectivity index (χ0) is 29.5. The molecule has 208 valence electrons. The van der Waals surface area contributed by atoms with Crippen molar-refractivity contribution in [3.05, 3.63) is 186 Å². The van der Waals surface area contributed by atoms with E-state index < -0.39 is 5.41 Å². The second-order valence-corrected chi connectivity index (χ2v) is 11.3. The van der Waals surface area contributed by atoms with Gasteiger partial charge in [-0.2, -0.15) is 0 Å². The van der Waals surface area contributed by atoms with Crippen molar-refractivity contribution in [1.29, 1.82) is 0 Å². The van der Waals surface area contributed by atoms with Crippen molar-refractivity contribution >= 4 is 0 Å². The van der Waals surface area contributed by atoms with Crippen molar-refractivity contribution < 1.29 is 0 Å². The summed E-state index contributed by atoms with van der Waals surface area (Å²) in [6, 6.07) is 55.5. The maximum absolute atomic E-state index is 5.06. The van der Waals surface area contributed by atoms with E-state index in [2.05, 4.69) is 104 Å². The molecule has 3 heteroatoms. The van der Waals surface area contributed by atoms with Gasteiger partial charge in [-0.05, 0) is 51.9 Å². The van der Waals surface area contributed by atoms with Crippen LogP contribution in [0.25, 0.3) is 45.3 Å². The minimum atomic E-state index is -0.494. The fourth-order valence-corrected chi connectivity index (χ4v) is 6.78. The van der Waals surface area contributed by atoms with Crippen molar-refractivity contribution in [3.8, 4) is 45.3 Å². The molecule has 1 aromatic heterocycles. The second-order valence-electron chi connectivity index (χ2n) is 11.3. The van der Waals surface area contributed by atoms with Gasteiger partial charge in [0, 0.05) is 16.7 Å². The van der Waals surface area contributed by atoms with Crippen LogP contribution < -0.4 is 0 Å². The monoisotopic (exact) mass is 563 g/mol. The summed E-state index contributed by atoms with van der Waals surface area (Å²) in [6.45, 7) is 2.21. The summed E-state index contributed by atoms with van der Waals surface area (Å²) >= 11 is 0. The minimum Gasteiger partial charge on any atom is -0.208 e. The number of nitrogens with zero attached hydrogens (tertiary/aromatic N) is 3. The third-order valence-electron chi connectivity index (χ3n) is 8.76. The van der Waals surface area contributed by atoms with Gasteiger partial charge in [-0.1, -0.05) is 152 Å². The van der Waals surface area contributed by atoms with E-state index in [1.807, 2.05) is 60.7 Å². The summed E-state index contributed by atoms with van der Waals surface area (Å²) in [5, 5.41) is 0. The fourth-order valence-electron chi connectivity index (χ4n) is 6.78. The molecule has 0 radical (unpaired) electrons. The predicted molar refractivity (Wildman–Crippen MR) is 178 cm³/mol. The van der Waals surface area contributed by atoms with Gasteiger partial charge in [0.05, 0.1) is 5.41 Å². The Morgan fingerprint density at radius 2 is 0.818 bits per heavy atom. The molecule has 7 aromatic rings. The molecule has 1 heterocycles. The molecule has 0 amide bonds. The Kier molecular flexibility index (Phi) is 6.23. The van der Waals surface area contributed by atoms with Gasteiger partial charge in [0.2, 0.25) is 0 Å². The maximum atomic E-state index is 5.06. The Labute approximate surface area is 257 Å².